The Morgan fingerprint density at radius 2 is 0.807 bits per heavy atom. The lowest BCUT2D eigenvalue weighted by molar-refractivity contribution is 1.18. The summed E-state index contributed by atoms with van der Waals surface area (Å²) in [6, 6.07) is 69.9. The van der Waals surface area contributed by atoms with Gasteiger partial charge >= 0.3 is 0 Å². The van der Waals surface area contributed by atoms with Gasteiger partial charge in [-0.25, -0.2) is 15.0 Å². The van der Waals surface area contributed by atoms with E-state index >= 15 is 0 Å². The van der Waals surface area contributed by atoms with Crippen molar-refractivity contribution in [3.63, 3.8) is 0 Å². The number of aryl methyl sites for hydroxylation is 1. The van der Waals surface area contributed by atoms with E-state index in [0.29, 0.717) is 5.82 Å². The van der Waals surface area contributed by atoms with Crippen molar-refractivity contribution in [2.24, 2.45) is 0 Å². The molecule has 0 aliphatic rings. The minimum absolute atomic E-state index is 0.698. The first-order valence-electron chi connectivity index (χ1n) is 19.2. The number of hydrogen-bond donors (Lipinski definition) is 0. The quantitative estimate of drug-likeness (QED) is 0.153. The van der Waals surface area contributed by atoms with Crippen LogP contribution in [0, 0.1) is 6.92 Å². The summed E-state index contributed by atoms with van der Waals surface area (Å²) in [6.07, 6.45) is 0. The number of nitrogens with zero attached hydrogens (tertiary/aromatic N) is 4. The Morgan fingerprint density at radius 1 is 0.298 bits per heavy atom. The monoisotopic (exact) mass is 728 g/mol. The topological polar surface area (TPSA) is 51.6 Å². The molecule has 7 aromatic carbocycles. The van der Waals surface area contributed by atoms with E-state index in [0.717, 1.165) is 78.0 Å². The Labute approximate surface area is 331 Å². The molecule has 57 heavy (non-hydrogen) atoms. The van der Waals surface area contributed by atoms with Crippen molar-refractivity contribution < 1.29 is 0 Å². The van der Waals surface area contributed by atoms with Crippen molar-refractivity contribution in [1.29, 1.82) is 0 Å². The number of benzene rings is 7. The Kier molecular flexibility index (Phi) is 8.69. The standard InChI is InChI=1S/C53H36N4/c1-35-32-47(39-14-7-3-8-15-39)46-30-28-42-29-31-48(55-51(42)52(46)54-35)45-19-11-18-44(33-45)38-22-26-41(27-23-38)50-34-49(56-53(57-50)43-16-9-4-10-17-43)40-24-20-37(21-25-40)36-12-5-2-6-13-36/h2-34H,1H3. The summed E-state index contributed by atoms with van der Waals surface area (Å²) in [5, 5.41) is 2.17. The van der Waals surface area contributed by atoms with Crippen LogP contribution < -0.4 is 0 Å². The molecule has 10 rings (SSSR count). The van der Waals surface area contributed by atoms with Gasteiger partial charge in [-0.05, 0) is 64.6 Å². The van der Waals surface area contributed by atoms with Gasteiger partial charge in [-0.1, -0.05) is 176 Å². The second-order valence-corrected chi connectivity index (χ2v) is 14.3. The summed E-state index contributed by atoms with van der Waals surface area (Å²) in [6.45, 7) is 2.06. The molecule has 0 amide bonds. The molecule has 0 atom stereocenters. The lowest BCUT2D eigenvalue weighted by Crippen LogP contribution is -1.96. The van der Waals surface area contributed by atoms with E-state index in [1.54, 1.807) is 0 Å². The van der Waals surface area contributed by atoms with Crippen molar-refractivity contribution in [2.75, 3.05) is 0 Å². The normalized spacial score (nSPS) is 11.2. The summed E-state index contributed by atoms with van der Waals surface area (Å²) < 4.78 is 0. The number of hydrogen-bond acceptors (Lipinski definition) is 4. The first-order valence-corrected chi connectivity index (χ1v) is 19.2. The highest BCUT2D eigenvalue weighted by Gasteiger charge is 2.14. The predicted molar refractivity (Wildman–Crippen MR) is 235 cm³/mol. The van der Waals surface area contributed by atoms with E-state index in [2.05, 4.69) is 177 Å². The van der Waals surface area contributed by atoms with Gasteiger partial charge in [0.15, 0.2) is 5.82 Å². The molecule has 3 heterocycles. The minimum Gasteiger partial charge on any atom is -0.251 e. The predicted octanol–water partition coefficient (Wildman–Crippen LogP) is 13.6. The molecule has 0 spiro atoms. The second kappa shape index (κ2) is 14.6. The Balaban J connectivity index is 0.987. The third-order valence-corrected chi connectivity index (χ3v) is 10.6. The first kappa shape index (κ1) is 34.0. The molecular formula is C53H36N4. The molecule has 0 aliphatic carbocycles. The number of aromatic nitrogens is 4. The third-order valence-electron chi connectivity index (χ3n) is 10.6. The van der Waals surface area contributed by atoms with Crippen LogP contribution in [-0.4, -0.2) is 19.9 Å². The SMILES string of the molecule is Cc1cc(-c2ccccc2)c2ccc3ccc(-c4cccc(-c5ccc(-c6cc(-c7ccc(-c8ccccc8)cc7)nc(-c7ccccc7)n6)cc5)c4)nc3c2n1. The molecule has 268 valence electrons. The summed E-state index contributed by atoms with van der Waals surface area (Å²) >= 11 is 0. The molecule has 0 saturated carbocycles. The van der Waals surface area contributed by atoms with Crippen LogP contribution in [0.1, 0.15) is 5.69 Å². The molecule has 4 heteroatoms. The van der Waals surface area contributed by atoms with Gasteiger partial charge in [-0.15, -0.1) is 0 Å². The van der Waals surface area contributed by atoms with Crippen LogP contribution in [0.15, 0.2) is 200 Å². The molecule has 3 aromatic heterocycles. The van der Waals surface area contributed by atoms with E-state index in [1.807, 2.05) is 30.3 Å². The summed E-state index contributed by atoms with van der Waals surface area (Å²) in [5.41, 5.74) is 16.5. The largest absolute Gasteiger partial charge is 0.251 e. The van der Waals surface area contributed by atoms with E-state index < -0.39 is 0 Å². The Bertz CT molecular complexity index is 3030. The third kappa shape index (κ3) is 6.75. The summed E-state index contributed by atoms with van der Waals surface area (Å²) in [7, 11) is 0. The van der Waals surface area contributed by atoms with Gasteiger partial charge in [0.05, 0.1) is 28.1 Å². The van der Waals surface area contributed by atoms with Crippen LogP contribution in [0.4, 0.5) is 0 Å². The fraction of sp³-hybridized carbons (Fsp3) is 0.0189. The number of pyridine rings is 2. The highest BCUT2D eigenvalue weighted by Crippen LogP contribution is 2.35. The van der Waals surface area contributed by atoms with Gasteiger partial charge in [0.25, 0.3) is 0 Å². The zero-order valence-electron chi connectivity index (χ0n) is 31.3. The van der Waals surface area contributed by atoms with Gasteiger partial charge in [0.2, 0.25) is 0 Å². The highest BCUT2D eigenvalue weighted by atomic mass is 14.9. The van der Waals surface area contributed by atoms with Crippen LogP contribution in [-0.2, 0) is 0 Å². The zero-order valence-corrected chi connectivity index (χ0v) is 31.3. The molecule has 0 aliphatic heterocycles. The molecular weight excluding hydrogens is 693 g/mol. The minimum atomic E-state index is 0.698. The van der Waals surface area contributed by atoms with Crippen molar-refractivity contribution in [3.8, 4) is 78.5 Å². The first-order chi connectivity index (χ1) is 28.1. The molecule has 4 nitrogen and oxygen atoms in total. The maximum absolute atomic E-state index is 5.25. The van der Waals surface area contributed by atoms with E-state index in [9.17, 15) is 0 Å². The van der Waals surface area contributed by atoms with E-state index in [1.165, 1.54) is 22.3 Å². The Hall–Kier alpha value is -7.56. The molecule has 0 saturated heterocycles. The van der Waals surface area contributed by atoms with Crippen LogP contribution in [0.3, 0.4) is 0 Å². The fourth-order valence-corrected chi connectivity index (χ4v) is 7.63. The zero-order chi connectivity index (χ0) is 38.1. The summed E-state index contributed by atoms with van der Waals surface area (Å²) in [5.74, 6) is 0.698. The average molecular weight is 729 g/mol. The van der Waals surface area contributed by atoms with Gasteiger partial charge in [0, 0.05) is 38.7 Å². The average Bonchev–Trinajstić information content (AvgIpc) is 3.29. The van der Waals surface area contributed by atoms with Crippen molar-refractivity contribution in [2.45, 2.75) is 6.92 Å². The van der Waals surface area contributed by atoms with Crippen LogP contribution in [0.25, 0.3) is 100 Å². The van der Waals surface area contributed by atoms with Gasteiger partial charge in [0.1, 0.15) is 0 Å². The van der Waals surface area contributed by atoms with E-state index in [-0.39, 0.29) is 0 Å². The highest BCUT2D eigenvalue weighted by molar-refractivity contribution is 6.08. The maximum atomic E-state index is 5.25. The van der Waals surface area contributed by atoms with Crippen molar-refractivity contribution in [1.82, 2.24) is 19.9 Å². The lowest BCUT2D eigenvalue weighted by Gasteiger charge is -2.12. The molecule has 10 aromatic rings. The van der Waals surface area contributed by atoms with Gasteiger partial charge < -0.3 is 0 Å². The van der Waals surface area contributed by atoms with Crippen LogP contribution >= 0.6 is 0 Å². The molecule has 0 bridgehead atoms. The van der Waals surface area contributed by atoms with Gasteiger partial charge in [-0.2, -0.15) is 0 Å². The van der Waals surface area contributed by atoms with E-state index in [4.69, 9.17) is 19.9 Å². The molecule has 0 unspecified atom stereocenters. The smallest absolute Gasteiger partial charge is 0.160 e. The van der Waals surface area contributed by atoms with Crippen LogP contribution in [0.5, 0.6) is 0 Å². The number of fused-ring (bicyclic) bond motifs is 3. The number of rotatable bonds is 7. The summed E-state index contributed by atoms with van der Waals surface area (Å²) in [4.78, 5) is 20.4. The lowest BCUT2D eigenvalue weighted by atomic mass is 9.97. The molecule has 0 radical (unpaired) electrons. The molecule has 0 fully saturated rings. The fourth-order valence-electron chi connectivity index (χ4n) is 7.63. The van der Waals surface area contributed by atoms with Crippen LogP contribution in [0.2, 0.25) is 0 Å². The van der Waals surface area contributed by atoms with Gasteiger partial charge in [-0.3, -0.25) is 4.98 Å². The molecule has 0 N–H and O–H groups in total. The Morgan fingerprint density at radius 3 is 1.46 bits per heavy atom. The second-order valence-electron chi connectivity index (χ2n) is 14.3. The van der Waals surface area contributed by atoms with Crippen molar-refractivity contribution in [3.05, 3.63) is 206 Å². The van der Waals surface area contributed by atoms with Crippen molar-refractivity contribution >= 4 is 21.8 Å². The maximum Gasteiger partial charge on any atom is 0.160 e.